The molecule has 0 spiro atoms. The van der Waals surface area contributed by atoms with Gasteiger partial charge in [0.15, 0.2) is 0 Å². The molecule has 0 fully saturated rings. The molecule has 0 aromatic carbocycles. The van der Waals surface area contributed by atoms with E-state index in [9.17, 15) is 4.79 Å². The second-order valence-electron chi connectivity index (χ2n) is 2.40. The van der Waals surface area contributed by atoms with Crippen LogP contribution < -0.4 is 0 Å². The fourth-order valence-corrected chi connectivity index (χ4v) is 0.265. The van der Waals surface area contributed by atoms with E-state index in [2.05, 4.69) is 4.99 Å². The monoisotopic (exact) mass is 124 g/mol. The minimum atomic E-state index is -0.530. The molecule has 0 atom stereocenters. The summed E-state index contributed by atoms with van der Waals surface area (Å²) in [5.74, 6) is 0. The predicted octanol–water partition coefficient (Wildman–Crippen LogP) is 0.872. The van der Waals surface area contributed by atoms with Crippen LogP contribution in [0.3, 0.4) is 0 Å². The molecule has 0 aliphatic carbocycles. The minimum Gasteiger partial charge on any atom is -0.211 e. The van der Waals surface area contributed by atoms with Crippen LogP contribution in [-0.4, -0.2) is 12.6 Å². The van der Waals surface area contributed by atoms with Crippen LogP contribution >= 0.6 is 0 Å². The predicted molar refractivity (Wildman–Crippen MR) is 32.4 cm³/mol. The third-order valence-electron chi connectivity index (χ3n) is 0.842. The molecule has 0 rings (SSSR count). The van der Waals surface area contributed by atoms with Crippen molar-refractivity contribution in [1.82, 2.24) is 0 Å². The molecular formula is C6H8N2O. The van der Waals surface area contributed by atoms with Gasteiger partial charge in [0, 0.05) is 0 Å². The Balaban J connectivity index is 3.90. The van der Waals surface area contributed by atoms with Gasteiger partial charge in [0.1, 0.15) is 0 Å². The van der Waals surface area contributed by atoms with Gasteiger partial charge in [-0.1, -0.05) is 0 Å². The largest absolute Gasteiger partial charge is 0.234 e. The highest BCUT2D eigenvalue weighted by Gasteiger charge is 2.14. The molecule has 0 saturated heterocycles. The molecule has 0 aliphatic heterocycles. The van der Waals surface area contributed by atoms with Gasteiger partial charge in [-0.05, 0) is 13.8 Å². The summed E-state index contributed by atoms with van der Waals surface area (Å²) >= 11 is 0. The van der Waals surface area contributed by atoms with Gasteiger partial charge in [0.25, 0.3) is 0 Å². The first-order valence-corrected chi connectivity index (χ1v) is 2.57. The Morgan fingerprint density at radius 2 is 2.22 bits per heavy atom. The lowest BCUT2D eigenvalue weighted by Crippen LogP contribution is -2.11. The van der Waals surface area contributed by atoms with Crippen LogP contribution in [0.15, 0.2) is 4.99 Å². The topological polar surface area (TPSA) is 53.2 Å². The zero-order valence-electron chi connectivity index (χ0n) is 5.51. The smallest absolute Gasteiger partial charge is 0.211 e. The summed E-state index contributed by atoms with van der Waals surface area (Å²) in [4.78, 5) is 12.9. The van der Waals surface area contributed by atoms with Gasteiger partial charge in [-0.2, -0.15) is 5.26 Å². The summed E-state index contributed by atoms with van der Waals surface area (Å²) in [7, 11) is 0. The van der Waals surface area contributed by atoms with Gasteiger partial charge in [0.2, 0.25) is 6.08 Å². The molecule has 0 unspecified atom stereocenters. The maximum absolute atomic E-state index is 9.57. The van der Waals surface area contributed by atoms with E-state index < -0.39 is 5.41 Å². The Hall–Kier alpha value is -1.13. The third kappa shape index (κ3) is 3.45. The van der Waals surface area contributed by atoms with Gasteiger partial charge in [-0.3, -0.25) is 0 Å². The first-order chi connectivity index (χ1) is 4.12. The van der Waals surface area contributed by atoms with E-state index in [1.54, 1.807) is 13.8 Å². The number of nitrogens with zero attached hydrogens (tertiary/aromatic N) is 2. The second-order valence-corrected chi connectivity index (χ2v) is 2.40. The van der Waals surface area contributed by atoms with E-state index in [0.717, 1.165) is 0 Å². The molecule has 0 aromatic rings. The molecule has 0 aliphatic rings. The van der Waals surface area contributed by atoms with Crippen molar-refractivity contribution in [3.63, 3.8) is 0 Å². The maximum Gasteiger partial charge on any atom is 0.234 e. The van der Waals surface area contributed by atoms with Crippen LogP contribution in [0.4, 0.5) is 0 Å². The van der Waals surface area contributed by atoms with Crippen LogP contribution in [0.25, 0.3) is 0 Å². The van der Waals surface area contributed by atoms with E-state index >= 15 is 0 Å². The molecule has 0 aromatic heterocycles. The molecular weight excluding hydrogens is 116 g/mol. The average Bonchev–Trinajstić information content (AvgIpc) is 1.84. The first-order valence-electron chi connectivity index (χ1n) is 2.57. The van der Waals surface area contributed by atoms with E-state index in [4.69, 9.17) is 5.26 Å². The van der Waals surface area contributed by atoms with E-state index in [1.807, 2.05) is 6.07 Å². The maximum atomic E-state index is 9.57. The molecule has 0 radical (unpaired) electrons. The van der Waals surface area contributed by atoms with Gasteiger partial charge < -0.3 is 0 Å². The van der Waals surface area contributed by atoms with Crippen LogP contribution in [0, 0.1) is 16.7 Å². The van der Waals surface area contributed by atoms with E-state index in [0.29, 0.717) is 0 Å². The Labute approximate surface area is 54.0 Å². The van der Waals surface area contributed by atoms with Crippen molar-refractivity contribution in [2.75, 3.05) is 6.54 Å². The zero-order chi connectivity index (χ0) is 7.33. The summed E-state index contributed by atoms with van der Waals surface area (Å²) in [6, 6.07) is 2.00. The highest BCUT2D eigenvalue weighted by Crippen LogP contribution is 2.11. The lowest BCUT2D eigenvalue weighted by Gasteiger charge is -2.07. The van der Waals surface area contributed by atoms with Crippen molar-refractivity contribution in [1.29, 1.82) is 5.26 Å². The van der Waals surface area contributed by atoms with Gasteiger partial charge in [-0.15, -0.1) is 0 Å². The number of carbonyl (C=O) groups excluding carboxylic acids is 1. The molecule has 3 heteroatoms. The van der Waals surface area contributed by atoms with E-state index in [1.165, 1.54) is 6.08 Å². The fraction of sp³-hybridized carbons (Fsp3) is 0.667. The van der Waals surface area contributed by atoms with Crippen LogP contribution in [-0.2, 0) is 4.79 Å². The Bertz CT molecular complexity index is 172. The van der Waals surface area contributed by atoms with Gasteiger partial charge in [-0.25, -0.2) is 9.79 Å². The van der Waals surface area contributed by atoms with Crippen molar-refractivity contribution in [3.8, 4) is 6.07 Å². The van der Waals surface area contributed by atoms with Crippen LogP contribution in [0.5, 0.6) is 0 Å². The molecule has 3 nitrogen and oxygen atoms in total. The van der Waals surface area contributed by atoms with Crippen molar-refractivity contribution in [2.24, 2.45) is 10.4 Å². The summed E-state index contributed by atoms with van der Waals surface area (Å²) in [5, 5.41) is 8.38. The third-order valence-corrected chi connectivity index (χ3v) is 0.842. The number of hydrogen-bond acceptors (Lipinski definition) is 3. The first kappa shape index (κ1) is 7.87. The SMILES string of the molecule is CC(C)(C#N)CN=C=O. The minimum absolute atomic E-state index is 0.229. The summed E-state index contributed by atoms with van der Waals surface area (Å²) < 4.78 is 0. The van der Waals surface area contributed by atoms with Crippen molar-refractivity contribution in [2.45, 2.75) is 13.8 Å². The normalized spacial score (nSPS) is 9.44. The molecule has 0 saturated carbocycles. The van der Waals surface area contributed by atoms with Crippen LogP contribution in [0.1, 0.15) is 13.8 Å². The fourth-order valence-electron chi connectivity index (χ4n) is 0.265. The number of rotatable bonds is 2. The Morgan fingerprint density at radius 1 is 1.67 bits per heavy atom. The Morgan fingerprint density at radius 3 is 2.56 bits per heavy atom. The standard InChI is InChI=1S/C6H8N2O/c1-6(2,3-7)4-8-5-9/h4H2,1-2H3. The highest BCUT2D eigenvalue weighted by atomic mass is 16.1. The Kier molecular flexibility index (Phi) is 2.63. The number of aliphatic imine (C=N–C) groups is 1. The molecule has 0 bridgehead atoms. The average molecular weight is 124 g/mol. The lowest BCUT2D eigenvalue weighted by atomic mass is 9.97. The lowest BCUT2D eigenvalue weighted by molar-refractivity contribution is 0.504. The molecule has 9 heavy (non-hydrogen) atoms. The summed E-state index contributed by atoms with van der Waals surface area (Å²) in [6.07, 6.45) is 1.38. The highest BCUT2D eigenvalue weighted by molar-refractivity contribution is 5.33. The van der Waals surface area contributed by atoms with Crippen LogP contribution in [0.2, 0.25) is 0 Å². The number of nitriles is 1. The van der Waals surface area contributed by atoms with Gasteiger partial charge >= 0.3 is 0 Å². The van der Waals surface area contributed by atoms with E-state index in [-0.39, 0.29) is 6.54 Å². The second kappa shape index (κ2) is 3.01. The molecule has 0 heterocycles. The van der Waals surface area contributed by atoms with Crippen molar-refractivity contribution in [3.05, 3.63) is 0 Å². The summed E-state index contributed by atoms with van der Waals surface area (Å²) in [5.41, 5.74) is -0.530. The summed E-state index contributed by atoms with van der Waals surface area (Å²) in [6.45, 7) is 3.66. The molecule has 0 N–H and O–H groups in total. The quantitative estimate of drug-likeness (QED) is 0.405. The number of hydrogen-bond donors (Lipinski definition) is 0. The molecule has 48 valence electrons. The number of isocyanates is 1. The van der Waals surface area contributed by atoms with Crippen molar-refractivity contribution < 1.29 is 4.79 Å². The van der Waals surface area contributed by atoms with Crippen molar-refractivity contribution >= 4 is 6.08 Å². The molecule has 0 amide bonds. The van der Waals surface area contributed by atoms with Gasteiger partial charge in [0.05, 0.1) is 18.0 Å². The zero-order valence-corrected chi connectivity index (χ0v) is 5.51.